The Kier molecular flexibility index (Phi) is 8.95. The molecule has 2 heteroatoms. The Morgan fingerprint density at radius 1 is 1.00 bits per heavy atom. The molecule has 0 aliphatic rings. The average molecular weight is 172 g/mol. The summed E-state index contributed by atoms with van der Waals surface area (Å²) in [6.07, 6.45) is 3.74. The first-order chi connectivity index (χ1) is 5.85. The lowest BCUT2D eigenvalue weighted by Gasteiger charge is -2.14. The molecule has 74 valence electrons. The molecule has 0 bridgehead atoms. The predicted molar refractivity (Wildman–Crippen MR) is 55.5 cm³/mol. The first-order valence-electron chi connectivity index (χ1n) is 5.29. The van der Waals surface area contributed by atoms with Crippen LogP contribution in [-0.2, 0) is 0 Å². The van der Waals surface area contributed by atoms with Crippen molar-refractivity contribution < 1.29 is 0 Å². The minimum absolute atomic E-state index is 0.728. The summed E-state index contributed by atoms with van der Waals surface area (Å²) in [7, 11) is 0. The standard InChI is InChI=1S/C10H24N2/c1-4-10(5-2)12-9-7-8-11-6-3/h10-12H,4-9H2,1-3H3. The van der Waals surface area contributed by atoms with E-state index < -0.39 is 0 Å². The quantitative estimate of drug-likeness (QED) is 0.545. The number of hydrogen-bond donors (Lipinski definition) is 2. The summed E-state index contributed by atoms with van der Waals surface area (Å²) in [4.78, 5) is 0. The summed E-state index contributed by atoms with van der Waals surface area (Å²) >= 11 is 0. The molecule has 0 heterocycles. The highest BCUT2D eigenvalue weighted by Crippen LogP contribution is 1.95. The van der Waals surface area contributed by atoms with E-state index in [2.05, 4.69) is 31.4 Å². The molecule has 0 amide bonds. The zero-order chi connectivity index (χ0) is 9.23. The van der Waals surface area contributed by atoms with Gasteiger partial charge in [0, 0.05) is 6.04 Å². The third-order valence-corrected chi connectivity index (χ3v) is 2.20. The van der Waals surface area contributed by atoms with Gasteiger partial charge < -0.3 is 10.6 Å². The van der Waals surface area contributed by atoms with Gasteiger partial charge >= 0.3 is 0 Å². The van der Waals surface area contributed by atoms with Crippen molar-refractivity contribution in [1.82, 2.24) is 10.6 Å². The van der Waals surface area contributed by atoms with E-state index >= 15 is 0 Å². The largest absolute Gasteiger partial charge is 0.317 e. The molecule has 0 atom stereocenters. The molecule has 0 aromatic carbocycles. The molecular formula is C10H24N2. The van der Waals surface area contributed by atoms with Crippen LogP contribution in [0.3, 0.4) is 0 Å². The predicted octanol–water partition coefficient (Wildman–Crippen LogP) is 1.76. The Labute approximate surface area is 77.1 Å². The minimum atomic E-state index is 0.728. The van der Waals surface area contributed by atoms with Gasteiger partial charge in [-0.25, -0.2) is 0 Å². The van der Waals surface area contributed by atoms with Crippen LogP contribution < -0.4 is 10.6 Å². The summed E-state index contributed by atoms with van der Waals surface area (Å²) in [5.74, 6) is 0. The van der Waals surface area contributed by atoms with Gasteiger partial charge in [-0.3, -0.25) is 0 Å². The van der Waals surface area contributed by atoms with E-state index in [1.807, 2.05) is 0 Å². The highest BCUT2D eigenvalue weighted by molar-refractivity contribution is 4.62. The monoisotopic (exact) mass is 172 g/mol. The maximum Gasteiger partial charge on any atom is 0.00618 e. The van der Waals surface area contributed by atoms with E-state index in [0.717, 1.165) is 25.7 Å². The van der Waals surface area contributed by atoms with Crippen molar-refractivity contribution in [3.63, 3.8) is 0 Å². The number of nitrogens with one attached hydrogen (secondary N) is 2. The molecule has 0 aromatic rings. The van der Waals surface area contributed by atoms with Crippen LogP contribution in [0, 0.1) is 0 Å². The Bertz CT molecular complexity index is 79.9. The van der Waals surface area contributed by atoms with Gasteiger partial charge in [-0.1, -0.05) is 20.8 Å². The van der Waals surface area contributed by atoms with Crippen LogP contribution in [0.4, 0.5) is 0 Å². The fraction of sp³-hybridized carbons (Fsp3) is 1.00. The van der Waals surface area contributed by atoms with Crippen molar-refractivity contribution in [2.24, 2.45) is 0 Å². The van der Waals surface area contributed by atoms with Gasteiger partial charge in [0.1, 0.15) is 0 Å². The van der Waals surface area contributed by atoms with Crippen molar-refractivity contribution in [3.05, 3.63) is 0 Å². The lowest BCUT2D eigenvalue weighted by Crippen LogP contribution is -2.30. The summed E-state index contributed by atoms with van der Waals surface area (Å²) in [5, 5.41) is 6.86. The SMILES string of the molecule is CCNCCCNC(CC)CC. The number of hydrogen-bond acceptors (Lipinski definition) is 2. The molecule has 2 nitrogen and oxygen atoms in total. The molecule has 0 fully saturated rings. The van der Waals surface area contributed by atoms with E-state index in [1.54, 1.807) is 0 Å². The molecule has 0 rings (SSSR count). The molecule has 0 aromatic heterocycles. The third-order valence-electron chi connectivity index (χ3n) is 2.20. The van der Waals surface area contributed by atoms with Gasteiger partial charge in [0.15, 0.2) is 0 Å². The molecule has 2 N–H and O–H groups in total. The molecule has 0 aliphatic carbocycles. The van der Waals surface area contributed by atoms with Gasteiger partial charge in [0.2, 0.25) is 0 Å². The van der Waals surface area contributed by atoms with Gasteiger partial charge in [0.05, 0.1) is 0 Å². The topological polar surface area (TPSA) is 24.1 Å². The lowest BCUT2D eigenvalue weighted by molar-refractivity contribution is 0.474. The summed E-state index contributed by atoms with van der Waals surface area (Å²) in [6, 6.07) is 0.728. The molecule has 12 heavy (non-hydrogen) atoms. The molecule has 0 unspecified atom stereocenters. The minimum Gasteiger partial charge on any atom is -0.317 e. The second kappa shape index (κ2) is 9.01. The van der Waals surface area contributed by atoms with Crippen LogP contribution in [0.2, 0.25) is 0 Å². The molecule has 0 aliphatic heterocycles. The Morgan fingerprint density at radius 3 is 2.17 bits per heavy atom. The van der Waals surface area contributed by atoms with Crippen LogP contribution in [0.15, 0.2) is 0 Å². The van der Waals surface area contributed by atoms with Crippen LogP contribution >= 0.6 is 0 Å². The normalized spacial score (nSPS) is 11.0. The lowest BCUT2D eigenvalue weighted by atomic mass is 10.2. The van der Waals surface area contributed by atoms with Crippen molar-refractivity contribution in [3.8, 4) is 0 Å². The fourth-order valence-electron chi connectivity index (χ4n) is 1.27. The van der Waals surface area contributed by atoms with E-state index in [9.17, 15) is 0 Å². The first kappa shape index (κ1) is 11.9. The highest BCUT2D eigenvalue weighted by atomic mass is 14.9. The van der Waals surface area contributed by atoms with Crippen LogP contribution in [0.5, 0.6) is 0 Å². The van der Waals surface area contributed by atoms with Crippen molar-refractivity contribution in [2.75, 3.05) is 19.6 Å². The van der Waals surface area contributed by atoms with Crippen molar-refractivity contribution >= 4 is 0 Å². The maximum atomic E-state index is 3.54. The molecule has 0 spiro atoms. The van der Waals surface area contributed by atoms with E-state index in [-0.39, 0.29) is 0 Å². The van der Waals surface area contributed by atoms with E-state index in [1.165, 1.54) is 19.3 Å². The molecular weight excluding hydrogens is 148 g/mol. The van der Waals surface area contributed by atoms with Gasteiger partial charge in [-0.05, 0) is 38.9 Å². The zero-order valence-electron chi connectivity index (χ0n) is 8.82. The molecule has 0 saturated heterocycles. The maximum absolute atomic E-state index is 3.54. The second-order valence-corrected chi connectivity index (χ2v) is 3.17. The van der Waals surface area contributed by atoms with Crippen LogP contribution in [0.1, 0.15) is 40.0 Å². The number of rotatable bonds is 8. The van der Waals surface area contributed by atoms with Gasteiger partial charge in [-0.15, -0.1) is 0 Å². The fourth-order valence-corrected chi connectivity index (χ4v) is 1.27. The smallest absolute Gasteiger partial charge is 0.00618 e. The Hall–Kier alpha value is -0.0800. The second-order valence-electron chi connectivity index (χ2n) is 3.17. The Balaban J connectivity index is 3.06. The summed E-state index contributed by atoms with van der Waals surface area (Å²) < 4.78 is 0. The van der Waals surface area contributed by atoms with Crippen molar-refractivity contribution in [2.45, 2.75) is 46.1 Å². The van der Waals surface area contributed by atoms with E-state index in [0.29, 0.717) is 0 Å². The van der Waals surface area contributed by atoms with E-state index in [4.69, 9.17) is 0 Å². The zero-order valence-corrected chi connectivity index (χ0v) is 8.82. The van der Waals surface area contributed by atoms with Gasteiger partial charge in [-0.2, -0.15) is 0 Å². The molecule has 0 saturated carbocycles. The average Bonchev–Trinajstić information content (AvgIpc) is 2.11. The van der Waals surface area contributed by atoms with Crippen LogP contribution in [0.25, 0.3) is 0 Å². The third kappa shape index (κ3) is 6.62. The van der Waals surface area contributed by atoms with Crippen LogP contribution in [-0.4, -0.2) is 25.7 Å². The van der Waals surface area contributed by atoms with Gasteiger partial charge in [0.25, 0.3) is 0 Å². The molecule has 0 radical (unpaired) electrons. The summed E-state index contributed by atoms with van der Waals surface area (Å²) in [5.41, 5.74) is 0. The highest BCUT2D eigenvalue weighted by Gasteiger charge is 1.99. The Morgan fingerprint density at radius 2 is 1.67 bits per heavy atom. The first-order valence-corrected chi connectivity index (χ1v) is 5.29. The summed E-state index contributed by atoms with van der Waals surface area (Å²) in [6.45, 7) is 10.0. The van der Waals surface area contributed by atoms with Crippen molar-refractivity contribution in [1.29, 1.82) is 0 Å².